The number of nitrogens with zero attached hydrogens (tertiary/aromatic N) is 11. The van der Waals surface area contributed by atoms with E-state index in [1.54, 1.807) is 0 Å². The summed E-state index contributed by atoms with van der Waals surface area (Å²) in [5, 5.41) is 2.92. The molecule has 0 atom stereocenters. The second-order valence-electron chi connectivity index (χ2n) is 30.8. The lowest BCUT2D eigenvalue weighted by molar-refractivity contribution is 0.882. The third-order valence-corrected chi connectivity index (χ3v) is 26.2. The summed E-state index contributed by atoms with van der Waals surface area (Å²) < 4.78 is 13.4. The van der Waals surface area contributed by atoms with E-state index in [4.69, 9.17) is 0 Å². The molecule has 552 valence electrons. The topological polar surface area (TPSA) is 94.0 Å². The second kappa shape index (κ2) is 30.6. The summed E-state index contributed by atoms with van der Waals surface area (Å²) in [6, 6.07) is 0. The molecular formula is C92H129N11. The van der Waals surface area contributed by atoms with Crippen LogP contribution in [0.15, 0.2) is 0 Å². The van der Waals surface area contributed by atoms with Gasteiger partial charge in [-0.3, -0.25) is 4.98 Å². The average molecular weight is 1390 g/mol. The minimum atomic E-state index is 1.08. The summed E-state index contributed by atoms with van der Waals surface area (Å²) in [6.45, 7) is 80.5. The SMILES string of the molecule is Cc1c(C)c(C)c2c(c1C)c(C)c(C)n2C.Cc1c(C)c(C)c2c(c1C)c(C)c(C)n2C.Cc1c(C)c(C)c2c(nc(C)n2C)c1C.Cc1c(C)c(C)c2c(nc(C)n2C)c1C.Cc1c(C)c(C)c2c(nc(C)n2C)c1C.Cc1c(C)c(C)c2c(nc(C)n2C)c1C.Cc1nc(C)c(C)c(C)c1C. The van der Waals surface area contributed by atoms with Gasteiger partial charge in [0.2, 0.25) is 0 Å². The van der Waals surface area contributed by atoms with Crippen LogP contribution in [0.3, 0.4) is 0 Å². The molecule has 0 spiro atoms. The maximum Gasteiger partial charge on any atom is 0.106 e. The van der Waals surface area contributed by atoms with E-state index in [9.17, 15) is 0 Å². The lowest BCUT2D eigenvalue weighted by Crippen LogP contribution is -1.98. The van der Waals surface area contributed by atoms with Gasteiger partial charge in [-0.1, -0.05) is 0 Å². The van der Waals surface area contributed by atoms with Gasteiger partial charge in [0.1, 0.15) is 23.3 Å². The molecule has 13 aromatic rings. The molecule has 0 bridgehead atoms. The first-order chi connectivity index (χ1) is 47.6. The Morgan fingerprint density at radius 1 is 0.146 bits per heavy atom. The van der Waals surface area contributed by atoms with Crippen molar-refractivity contribution in [3.8, 4) is 0 Å². The summed E-state index contributed by atoms with van der Waals surface area (Å²) in [5.74, 6) is 4.34. The van der Waals surface area contributed by atoms with Crippen LogP contribution in [-0.4, -0.2) is 52.3 Å². The lowest BCUT2D eigenvalue weighted by atomic mass is 9.94. The number of benzene rings is 6. The summed E-state index contributed by atoms with van der Waals surface area (Å²) in [6.07, 6.45) is 0. The Morgan fingerprint density at radius 2 is 0.311 bits per heavy atom. The molecule has 0 N–H and O–H groups in total. The van der Waals surface area contributed by atoms with E-state index in [0.717, 1.165) is 56.8 Å². The fourth-order valence-electron chi connectivity index (χ4n) is 15.7. The molecule has 0 saturated heterocycles. The molecule has 0 aliphatic heterocycles. The normalized spacial score (nSPS) is 11.3. The van der Waals surface area contributed by atoms with Crippen molar-refractivity contribution in [1.82, 2.24) is 52.3 Å². The second-order valence-corrected chi connectivity index (χ2v) is 30.8. The van der Waals surface area contributed by atoms with Gasteiger partial charge in [-0.15, -0.1) is 0 Å². The zero-order valence-electron chi connectivity index (χ0n) is 72.4. The third kappa shape index (κ3) is 14.1. The van der Waals surface area contributed by atoms with Crippen molar-refractivity contribution in [3.05, 3.63) is 207 Å². The molecule has 7 aromatic heterocycles. The molecule has 6 aromatic carbocycles. The first kappa shape index (κ1) is 81.7. The molecule has 7 heterocycles. The van der Waals surface area contributed by atoms with Crippen LogP contribution in [0.2, 0.25) is 0 Å². The molecule has 13 rings (SSSR count). The highest BCUT2D eigenvalue weighted by molar-refractivity contribution is 5.94. The maximum atomic E-state index is 4.64. The Labute approximate surface area is 620 Å². The van der Waals surface area contributed by atoms with Crippen LogP contribution in [-0.2, 0) is 42.3 Å². The van der Waals surface area contributed by atoms with Crippen LogP contribution >= 0.6 is 0 Å². The number of hydrogen-bond acceptors (Lipinski definition) is 5. The van der Waals surface area contributed by atoms with Gasteiger partial charge >= 0.3 is 0 Å². The van der Waals surface area contributed by atoms with Crippen LogP contribution in [0.5, 0.6) is 0 Å². The van der Waals surface area contributed by atoms with Gasteiger partial charge in [0.15, 0.2) is 0 Å². The molecule has 0 saturated carbocycles. The Hall–Kier alpha value is -8.57. The fourth-order valence-corrected chi connectivity index (χ4v) is 15.7. The Bertz CT molecular complexity index is 4920. The minimum Gasteiger partial charge on any atom is -0.347 e. The van der Waals surface area contributed by atoms with Gasteiger partial charge in [-0.05, 0) is 418 Å². The van der Waals surface area contributed by atoms with Crippen LogP contribution in [0, 0.1) is 256 Å². The maximum absolute atomic E-state index is 4.64. The predicted octanol–water partition coefficient (Wildman–Crippen LogP) is 23.1. The minimum absolute atomic E-state index is 1.08. The number of fused-ring (bicyclic) bond motifs is 6. The first-order valence-corrected chi connectivity index (χ1v) is 37.1. The van der Waals surface area contributed by atoms with Gasteiger partial charge in [-0.25, -0.2) is 19.9 Å². The largest absolute Gasteiger partial charge is 0.347 e. The highest BCUT2D eigenvalue weighted by Gasteiger charge is 2.22. The fraction of sp³-hybridized carbons (Fsp3) is 0.467. The van der Waals surface area contributed by atoms with Crippen molar-refractivity contribution in [3.63, 3.8) is 0 Å². The molecule has 0 fully saturated rings. The number of aromatic nitrogens is 11. The molecular weight excluding hydrogens is 1260 g/mol. The van der Waals surface area contributed by atoms with Crippen LogP contribution in [0.25, 0.3) is 65.9 Å². The first-order valence-electron chi connectivity index (χ1n) is 37.1. The number of aryl methyl sites for hydroxylation is 26. The predicted molar refractivity (Wildman–Crippen MR) is 448 cm³/mol. The number of imidazole rings is 4. The van der Waals surface area contributed by atoms with Gasteiger partial charge in [0.25, 0.3) is 0 Å². The van der Waals surface area contributed by atoms with Crippen molar-refractivity contribution >= 4 is 65.9 Å². The van der Waals surface area contributed by atoms with Crippen molar-refractivity contribution in [2.45, 2.75) is 256 Å². The zero-order valence-corrected chi connectivity index (χ0v) is 72.4. The van der Waals surface area contributed by atoms with E-state index < -0.39 is 0 Å². The van der Waals surface area contributed by atoms with Crippen LogP contribution in [0.4, 0.5) is 0 Å². The van der Waals surface area contributed by atoms with Crippen molar-refractivity contribution in [2.75, 3.05) is 0 Å². The highest BCUT2D eigenvalue weighted by atomic mass is 15.1. The van der Waals surface area contributed by atoms with Crippen molar-refractivity contribution in [2.24, 2.45) is 42.3 Å². The van der Waals surface area contributed by atoms with Crippen LogP contribution in [0.1, 0.15) is 207 Å². The Kier molecular flexibility index (Phi) is 24.3. The number of pyridine rings is 1. The molecule has 0 radical (unpaired) electrons. The summed E-state index contributed by atoms with van der Waals surface area (Å²) in [4.78, 5) is 23.0. The average Bonchev–Trinajstić information content (AvgIpc) is 1.62. The Balaban J connectivity index is 0.000000169. The van der Waals surface area contributed by atoms with E-state index >= 15 is 0 Å². The van der Waals surface area contributed by atoms with Crippen molar-refractivity contribution in [1.29, 1.82) is 0 Å². The van der Waals surface area contributed by atoms with Crippen molar-refractivity contribution < 1.29 is 0 Å². The summed E-state index contributed by atoms with van der Waals surface area (Å²) in [7, 11) is 12.7. The number of rotatable bonds is 0. The molecule has 0 amide bonds. The lowest BCUT2D eigenvalue weighted by Gasteiger charge is -2.12. The van der Waals surface area contributed by atoms with E-state index in [-0.39, 0.29) is 0 Å². The molecule has 0 aliphatic rings. The molecule has 11 heteroatoms. The van der Waals surface area contributed by atoms with E-state index in [1.807, 2.05) is 0 Å². The van der Waals surface area contributed by atoms with Gasteiger partial charge in [-0.2, -0.15) is 0 Å². The summed E-state index contributed by atoms with van der Waals surface area (Å²) in [5.41, 5.74) is 57.9. The quantitative estimate of drug-likeness (QED) is 0.151. The van der Waals surface area contributed by atoms with Gasteiger partial charge in [0.05, 0.1) is 55.2 Å². The van der Waals surface area contributed by atoms with Gasteiger partial charge < -0.3 is 27.4 Å². The zero-order chi connectivity index (χ0) is 78.3. The number of hydrogen-bond donors (Lipinski definition) is 0. The smallest absolute Gasteiger partial charge is 0.106 e. The standard InChI is InChI=1S/2C15H21N.4C13H18N2.C10H15N/c2*1-8-9(2)11(4)15-14(10(8)3)12(5)13(6)16(15)7;4*1-7-8(2)10(4)13-12(9(7)3)14-11(5)15(13)6;1-6-7(2)9(4)11-10(5)8(6)3/h2*1-7H3;4*1-6H3;1-5H3. The summed E-state index contributed by atoms with van der Waals surface area (Å²) >= 11 is 0. The molecule has 11 nitrogen and oxygen atoms in total. The van der Waals surface area contributed by atoms with E-state index in [0.29, 0.717) is 0 Å². The Morgan fingerprint density at radius 3 is 0.515 bits per heavy atom. The van der Waals surface area contributed by atoms with Gasteiger partial charge in [0, 0.05) is 75.8 Å². The third-order valence-electron chi connectivity index (χ3n) is 26.2. The van der Waals surface area contributed by atoms with Crippen LogP contribution < -0.4 is 0 Å². The van der Waals surface area contributed by atoms with E-state index in [1.165, 1.54) is 217 Å². The monoisotopic (exact) mass is 1390 g/mol. The molecule has 0 aliphatic carbocycles. The van der Waals surface area contributed by atoms with E-state index in [2.05, 4.69) is 351 Å². The molecule has 0 unspecified atom stereocenters. The highest BCUT2D eigenvalue weighted by Crippen LogP contribution is 2.38. The molecule has 103 heavy (non-hydrogen) atoms.